The van der Waals surface area contributed by atoms with Crippen molar-refractivity contribution < 1.29 is 13.5 Å². The van der Waals surface area contributed by atoms with Gasteiger partial charge in [-0.25, -0.2) is 8.78 Å². The molecule has 0 spiro atoms. The third-order valence-electron chi connectivity index (χ3n) is 1.24. The maximum atomic E-state index is 12.6. The normalized spacial score (nSPS) is 9.92. The lowest BCUT2D eigenvalue weighted by Crippen LogP contribution is -1.98. The maximum absolute atomic E-state index is 12.6. The molecular formula is C8H7BrF2O. The van der Waals surface area contributed by atoms with Crippen molar-refractivity contribution in [3.8, 4) is 5.75 Å². The summed E-state index contributed by atoms with van der Waals surface area (Å²) in [5.41, 5.74) is 0. The number of benzene rings is 1. The monoisotopic (exact) mass is 236 g/mol. The quantitative estimate of drug-likeness (QED) is 0.785. The molecule has 4 heteroatoms. The SMILES string of the molecule is FCCOc1ccc(F)c(Br)c1. The molecule has 1 aromatic carbocycles. The van der Waals surface area contributed by atoms with Crippen molar-refractivity contribution in [3.63, 3.8) is 0 Å². The molecule has 0 unspecified atom stereocenters. The van der Waals surface area contributed by atoms with Crippen LogP contribution in [0.4, 0.5) is 8.78 Å². The lowest BCUT2D eigenvalue weighted by atomic mass is 10.3. The van der Waals surface area contributed by atoms with Crippen LogP contribution in [0.1, 0.15) is 0 Å². The van der Waals surface area contributed by atoms with Crippen molar-refractivity contribution in [1.29, 1.82) is 0 Å². The number of alkyl halides is 1. The van der Waals surface area contributed by atoms with Crippen molar-refractivity contribution in [2.24, 2.45) is 0 Å². The second kappa shape index (κ2) is 4.40. The average molecular weight is 237 g/mol. The fraction of sp³-hybridized carbons (Fsp3) is 0.250. The number of ether oxygens (including phenoxy) is 1. The Balaban J connectivity index is 2.69. The van der Waals surface area contributed by atoms with E-state index in [0.29, 0.717) is 10.2 Å². The first-order valence-electron chi connectivity index (χ1n) is 3.38. The van der Waals surface area contributed by atoms with E-state index in [1.165, 1.54) is 18.2 Å². The van der Waals surface area contributed by atoms with E-state index in [1.807, 2.05) is 0 Å². The Kier molecular flexibility index (Phi) is 3.47. The van der Waals surface area contributed by atoms with Gasteiger partial charge in [-0.2, -0.15) is 0 Å². The Hall–Kier alpha value is -0.640. The van der Waals surface area contributed by atoms with Gasteiger partial charge in [-0.05, 0) is 34.1 Å². The molecule has 0 saturated heterocycles. The van der Waals surface area contributed by atoms with Crippen LogP contribution in [0.15, 0.2) is 22.7 Å². The Morgan fingerprint density at radius 3 is 2.75 bits per heavy atom. The summed E-state index contributed by atoms with van der Waals surface area (Å²) in [6.07, 6.45) is 0. The van der Waals surface area contributed by atoms with Crippen molar-refractivity contribution in [2.45, 2.75) is 0 Å². The standard InChI is InChI=1S/C8H7BrF2O/c9-7-5-6(12-4-3-10)1-2-8(7)11/h1-2,5H,3-4H2. The first-order valence-corrected chi connectivity index (χ1v) is 4.17. The van der Waals surface area contributed by atoms with E-state index in [0.717, 1.165) is 0 Å². The number of rotatable bonds is 3. The van der Waals surface area contributed by atoms with Gasteiger partial charge in [0, 0.05) is 0 Å². The Morgan fingerprint density at radius 1 is 1.42 bits per heavy atom. The molecule has 0 bridgehead atoms. The summed E-state index contributed by atoms with van der Waals surface area (Å²) in [6, 6.07) is 4.18. The predicted octanol–water partition coefficient (Wildman–Crippen LogP) is 2.94. The Morgan fingerprint density at radius 2 is 2.17 bits per heavy atom. The number of hydrogen-bond acceptors (Lipinski definition) is 1. The molecule has 66 valence electrons. The third kappa shape index (κ3) is 2.44. The fourth-order valence-corrected chi connectivity index (χ4v) is 1.08. The zero-order chi connectivity index (χ0) is 8.97. The highest BCUT2D eigenvalue weighted by molar-refractivity contribution is 9.10. The summed E-state index contributed by atoms with van der Waals surface area (Å²) >= 11 is 2.99. The Bertz CT molecular complexity index is 265. The summed E-state index contributed by atoms with van der Waals surface area (Å²) in [6.45, 7) is -0.549. The van der Waals surface area contributed by atoms with Gasteiger partial charge in [0.05, 0.1) is 4.47 Å². The Labute approximate surface area is 77.5 Å². The van der Waals surface area contributed by atoms with Crippen molar-refractivity contribution in [3.05, 3.63) is 28.5 Å². The van der Waals surface area contributed by atoms with E-state index in [4.69, 9.17) is 4.74 Å². The van der Waals surface area contributed by atoms with Crippen LogP contribution in [-0.4, -0.2) is 13.3 Å². The van der Waals surface area contributed by atoms with Crippen molar-refractivity contribution in [2.75, 3.05) is 13.3 Å². The number of hydrogen-bond donors (Lipinski definition) is 0. The summed E-state index contributed by atoms with van der Waals surface area (Å²) in [5.74, 6) is 0.100. The van der Waals surface area contributed by atoms with E-state index in [2.05, 4.69) is 15.9 Å². The van der Waals surface area contributed by atoms with E-state index < -0.39 is 6.67 Å². The minimum absolute atomic E-state index is 0.00191. The summed E-state index contributed by atoms with van der Waals surface area (Å²) in [7, 11) is 0. The molecular weight excluding hydrogens is 230 g/mol. The second-order valence-electron chi connectivity index (χ2n) is 2.11. The highest BCUT2D eigenvalue weighted by Crippen LogP contribution is 2.21. The van der Waals surface area contributed by atoms with Gasteiger partial charge >= 0.3 is 0 Å². The van der Waals surface area contributed by atoms with E-state index in [9.17, 15) is 8.78 Å². The van der Waals surface area contributed by atoms with Gasteiger partial charge in [-0.15, -0.1) is 0 Å². The zero-order valence-corrected chi connectivity index (χ0v) is 7.77. The third-order valence-corrected chi connectivity index (χ3v) is 1.84. The van der Waals surface area contributed by atoms with Crippen LogP contribution in [0.5, 0.6) is 5.75 Å². The topological polar surface area (TPSA) is 9.23 Å². The largest absolute Gasteiger partial charge is 0.491 e. The molecule has 0 aromatic heterocycles. The van der Waals surface area contributed by atoms with E-state index >= 15 is 0 Å². The van der Waals surface area contributed by atoms with Crippen LogP contribution in [0, 0.1) is 5.82 Å². The smallest absolute Gasteiger partial charge is 0.137 e. The minimum atomic E-state index is -0.547. The molecule has 1 nitrogen and oxygen atoms in total. The van der Waals surface area contributed by atoms with Crippen LogP contribution in [-0.2, 0) is 0 Å². The molecule has 0 aliphatic rings. The van der Waals surface area contributed by atoms with E-state index in [-0.39, 0.29) is 12.4 Å². The highest BCUT2D eigenvalue weighted by Gasteiger charge is 2.00. The molecule has 0 N–H and O–H groups in total. The van der Waals surface area contributed by atoms with Crippen LogP contribution in [0.2, 0.25) is 0 Å². The van der Waals surface area contributed by atoms with Crippen LogP contribution >= 0.6 is 15.9 Å². The van der Waals surface area contributed by atoms with Crippen molar-refractivity contribution >= 4 is 15.9 Å². The highest BCUT2D eigenvalue weighted by atomic mass is 79.9. The summed E-state index contributed by atoms with van der Waals surface area (Å²) < 4.78 is 29.5. The maximum Gasteiger partial charge on any atom is 0.137 e. The first-order chi connectivity index (χ1) is 5.74. The predicted molar refractivity (Wildman–Crippen MR) is 45.6 cm³/mol. The molecule has 0 amide bonds. The van der Waals surface area contributed by atoms with Gasteiger partial charge in [-0.1, -0.05) is 0 Å². The van der Waals surface area contributed by atoms with Gasteiger partial charge < -0.3 is 4.74 Å². The fourth-order valence-electron chi connectivity index (χ4n) is 0.723. The number of halogens is 3. The molecule has 0 fully saturated rings. The van der Waals surface area contributed by atoms with Gasteiger partial charge in [0.2, 0.25) is 0 Å². The molecule has 1 rings (SSSR count). The molecule has 12 heavy (non-hydrogen) atoms. The molecule has 0 aliphatic carbocycles. The van der Waals surface area contributed by atoms with Gasteiger partial charge in [0.15, 0.2) is 0 Å². The minimum Gasteiger partial charge on any atom is -0.491 e. The first kappa shape index (κ1) is 9.45. The molecule has 0 aliphatic heterocycles. The molecule has 1 aromatic rings. The van der Waals surface area contributed by atoms with Gasteiger partial charge in [-0.3, -0.25) is 0 Å². The summed E-state index contributed by atoms with van der Waals surface area (Å²) in [4.78, 5) is 0. The van der Waals surface area contributed by atoms with Crippen molar-refractivity contribution in [1.82, 2.24) is 0 Å². The average Bonchev–Trinajstić information content (AvgIpc) is 2.07. The molecule has 0 atom stereocenters. The van der Waals surface area contributed by atoms with Gasteiger partial charge in [0.1, 0.15) is 24.8 Å². The van der Waals surface area contributed by atoms with Crippen LogP contribution in [0.25, 0.3) is 0 Å². The van der Waals surface area contributed by atoms with Crippen LogP contribution < -0.4 is 4.74 Å². The summed E-state index contributed by atoms with van der Waals surface area (Å²) in [5, 5.41) is 0. The lowest BCUT2D eigenvalue weighted by molar-refractivity contribution is 0.273. The van der Waals surface area contributed by atoms with E-state index in [1.54, 1.807) is 0 Å². The van der Waals surface area contributed by atoms with Crippen LogP contribution in [0.3, 0.4) is 0 Å². The molecule has 0 radical (unpaired) electrons. The zero-order valence-electron chi connectivity index (χ0n) is 6.19. The van der Waals surface area contributed by atoms with Gasteiger partial charge in [0.25, 0.3) is 0 Å². The lowest BCUT2D eigenvalue weighted by Gasteiger charge is -2.03. The molecule has 0 saturated carbocycles. The second-order valence-corrected chi connectivity index (χ2v) is 2.97. The molecule has 0 heterocycles.